The van der Waals surface area contributed by atoms with Crippen molar-refractivity contribution in [3.05, 3.63) is 111 Å². The molecule has 0 saturated heterocycles. The predicted molar refractivity (Wildman–Crippen MR) is 121 cm³/mol. The van der Waals surface area contributed by atoms with Gasteiger partial charge in [-0.05, 0) is 54.1 Å². The third kappa shape index (κ3) is 3.58. The molecule has 1 atom stereocenters. The van der Waals surface area contributed by atoms with E-state index in [9.17, 15) is 27.9 Å². The lowest BCUT2D eigenvalue weighted by Crippen LogP contribution is -2.32. The number of rotatable bonds is 4. The highest BCUT2D eigenvalue weighted by Gasteiger charge is 2.46. The van der Waals surface area contributed by atoms with Crippen molar-refractivity contribution >= 4 is 44.3 Å². The molecule has 0 fully saturated rings. The highest BCUT2D eigenvalue weighted by molar-refractivity contribution is 9.10. The highest BCUT2D eigenvalue weighted by Crippen LogP contribution is 2.43. The van der Waals surface area contributed by atoms with Crippen LogP contribution in [0.1, 0.15) is 22.2 Å². The maximum absolute atomic E-state index is 14.7. The number of Topliss-reactive ketones (excluding diaryl/α,β-unsaturated/α-hetero) is 1. The summed E-state index contributed by atoms with van der Waals surface area (Å²) in [5, 5.41) is 11.3. The van der Waals surface area contributed by atoms with Crippen molar-refractivity contribution in [3.8, 4) is 0 Å². The summed E-state index contributed by atoms with van der Waals surface area (Å²) in [5.74, 6) is -5.41. The number of aliphatic hydroxyl groups is 1. The Labute approximate surface area is 198 Å². The SMILES string of the molecule is O=C(C1=C(O)C(=O)N(c2cc(F)ccc2F)C1c1ccc(F)cc1)c1cc2cc(Br)ccc2o1. The van der Waals surface area contributed by atoms with Crippen LogP contribution in [0.4, 0.5) is 18.9 Å². The Bertz CT molecular complexity index is 1510. The first kappa shape index (κ1) is 22.0. The van der Waals surface area contributed by atoms with Crippen LogP contribution >= 0.6 is 15.9 Å². The van der Waals surface area contributed by atoms with Gasteiger partial charge in [0.25, 0.3) is 5.91 Å². The zero-order chi connectivity index (χ0) is 24.1. The number of nitrogens with zero attached hydrogens (tertiary/aromatic N) is 1. The summed E-state index contributed by atoms with van der Waals surface area (Å²) in [6.07, 6.45) is 0. The number of fused-ring (bicyclic) bond motifs is 1. The Morgan fingerprint density at radius 3 is 2.38 bits per heavy atom. The molecule has 4 aromatic rings. The summed E-state index contributed by atoms with van der Waals surface area (Å²) >= 11 is 3.33. The second kappa shape index (κ2) is 8.18. The van der Waals surface area contributed by atoms with Crippen molar-refractivity contribution in [1.82, 2.24) is 0 Å². The van der Waals surface area contributed by atoms with Crippen molar-refractivity contribution in [3.63, 3.8) is 0 Å². The Morgan fingerprint density at radius 2 is 1.65 bits per heavy atom. The third-order valence-corrected chi connectivity index (χ3v) is 6.00. The number of hydrogen-bond acceptors (Lipinski definition) is 4. The van der Waals surface area contributed by atoms with Crippen molar-refractivity contribution in [2.75, 3.05) is 4.90 Å². The average molecular weight is 528 g/mol. The van der Waals surface area contributed by atoms with Gasteiger partial charge in [0.05, 0.1) is 17.3 Å². The predicted octanol–water partition coefficient (Wildman–Crippen LogP) is 6.40. The molecule has 1 aliphatic rings. The van der Waals surface area contributed by atoms with Crippen molar-refractivity contribution in [2.45, 2.75) is 6.04 Å². The molecule has 1 aliphatic heterocycles. The summed E-state index contributed by atoms with van der Waals surface area (Å²) in [6, 6.07) is 12.4. The van der Waals surface area contributed by atoms with E-state index in [0.717, 1.165) is 39.7 Å². The van der Waals surface area contributed by atoms with Crippen LogP contribution in [0.15, 0.2) is 87.0 Å². The normalized spacial score (nSPS) is 16.1. The molecule has 0 aliphatic carbocycles. The minimum atomic E-state index is -1.36. The Balaban J connectivity index is 1.68. The van der Waals surface area contributed by atoms with Gasteiger partial charge in [-0.25, -0.2) is 13.2 Å². The lowest BCUT2D eigenvalue weighted by Gasteiger charge is -2.27. The van der Waals surface area contributed by atoms with E-state index < -0.39 is 52.2 Å². The van der Waals surface area contributed by atoms with Crippen LogP contribution in [0.2, 0.25) is 0 Å². The van der Waals surface area contributed by atoms with E-state index in [-0.39, 0.29) is 11.3 Å². The number of anilines is 1. The molecule has 5 nitrogen and oxygen atoms in total. The van der Waals surface area contributed by atoms with Crippen LogP contribution in [-0.4, -0.2) is 16.8 Å². The fourth-order valence-corrected chi connectivity index (χ4v) is 4.35. The van der Waals surface area contributed by atoms with Gasteiger partial charge in [0.2, 0.25) is 5.78 Å². The highest BCUT2D eigenvalue weighted by atomic mass is 79.9. The van der Waals surface area contributed by atoms with Gasteiger partial charge in [0.1, 0.15) is 23.0 Å². The van der Waals surface area contributed by atoms with E-state index in [4.69, 9.17) is 4.42 Å². The second-order valence-electron chi connectivity index (χ2n) is 7.61. The number of furan rings is 1. The molecule has 3 aromatic carbocycles. The van der Waals surface area contributed by atoms with Crippen LogP contribution in [0.3, 0.4) is 0 Å². The van der Waals surface area contributed by atoms with Crippen molar-refractivity contribution < 1.29 is 32.3 Å². The molecule has 2 heterocycles. The van der Waals surface area contributed by atoms with E-state index in [2.05, 4.69) is 15.9 Å². The number of benzene rings is 3. The summed E-state index contributed by atoms with van der Waals surface area (Å²) in [5.41, 5.74) is -0.299. The first-order chi connectivity index (χ1) is 16.2. The van der Waals surface area contributed by atoms with E-state index in [1.54, 1.807) is 18.2 Å². The lowest BCUT2D eigenvalue weighted by atomic mass is 9.94. The first-order valence-corrected chi connectivity index (χ1v) is 10.7. The number of carbonyl (C=O) groups excluding carboxylic acids is 2. The van der Waals surface area contributed by atoms with Gasteiger partial charge in [-0.1, -0.05) is 28.1 Å². The Hall–Kier alpha value is -3.85. The fourth-order valence-electron chi connectivity index (χ4n) is 3.98. The molecule has 0 spiro atoms. The van der Waals surface area contributed by atoms with Gasteiger partial charge in [-0.3, -0.25) is 14.5 Å². The zero-order valence-electron chi connectivity index (χ0n) is 17.1. The van der Waals surface area contributed by atoms with Crippen LogP contribution in [-0.2, 0) is 4.79 Å². The number of ketones is 1. The Kier molecular flexibility index (Phi) is 5.28. The quantitative estimate of drug-likeness (QED) is 0.312. The Morgan fingerprint density at radius 1 is 0.941 bits per heavy atom. The standard InChI is InChI=1S/C25H13BrF3NO4/c26-14-3-8-19-13(9-14)10-20(34-19)23(31)21-22(12-1-4-15(27)5-2-12)30(25(33)24(21)32)18-11-16(28)6-7-17(18)29/h1-11,22,32H. The number of hydrogen-bond donors (Lipinski definition) is 1. The smallest absolute Gasteiger partial charge is 0.294 e. The van der Waals surface area contributed by atoms with Crippen LogP contribution in [0.5, 0.6) is 0 Å². The van der Waals surface area contributed by atoms with E-state index in [0.29, 0.717) is 11.0 Å². The largest absolute Gasteiger partial charge is 0.503 e. The number of aliphatic hydroxyl groups excluding tert-OH is 1. The topological polar surface area (TPSA) is 70.8 Å². The zero-order valence-corrected chi connectivity index (χ0v) is 18.6. The fraction of sp³-hybridized carbons (Fsp3) is 0.0400. The molecule has 170 valence electrons. The average Bonchev–Trinajstić information content (AvgIpc) is 3.34. The molecule has 0 saturated carbocycles. The molecule has 5 rings (SSSR count). The minimum absolute atomic E-state index is 0.170. The number of carbonyl (C=O) groups is 2. The first-order valence-electron chi connectivity index (χ1n) is 9.95. The number of halogens is 4. The van der Waals surface area contributed by atoms with E-state index in [1.165, 1.54) is 18.2 Å². The molecule has 1 aromatic heterocycles. The van der Waals surface area contributed by atoms with Gasteiger partial charge in [-0.15, -0.1) is 0 Å². The summed E-state index contributed by atoms with van der Waals surface area (Å²) < 4.78 is 48.6. The number of amides is 1. The summed E-state index contributed by atoms with van der Waals surface area (Å²) in [4.78, 5) is 27.3. The van der Waals surface area contributed by atoms with Gasteiger partial charge in [-0.2, -0.15) is 0 Å². The minimum Gasteiger partial charge on any atom is -0.503 e. The monoisotopic (exact) mass is 527 g/mol. The molecule has 1 N–H and O–H groups in total. The van der Waals surface area contributed by atoms with Gasteiger partial charge in [0, 0.05) is 15.9 Å². The third-order valence-electron chi connectivity index (χ3n) is 5.51. The van der Waals surface area contributed by atoms with Crippen LogP contribution in [0, 0.1) is 17.5 Å². The molecular weight excluding hydrogens is 515 g/mol. The summed E-state index contributed by atoms with van der Waals surface area (Å²) in [6.45, 7) is 0. The maximum Gasteiger partial charge on any atom is 0.294 e. The summed E-state index contributed by atoms with van der Waals surface area (Å²) in [7, 11) is 0. The molecular formula is C25H13BrF3NO4. The molecule has 1 unspecified atom stereocenters. The van der Waals surface area contributed by atoms with Gasteiger partial charge < -0.3 is 9.52 Å². The van der Waals surface area contributed by atoms with Crippen molar-refractivity contribution in [1.29, 1.82) is 0 Å². The van der Waals surface area contributed by atoms with E-state index >= 15 is 0 Å². The molecule has 0 bridgehead atoms. The maximum atomic E-state index is 14.7. The molecule has 0 radical (unpaired) electrons. The van der Waals surface area contributed by atoms with Crippen LogP contribution in [0.25, 0.3) is 11.0 Å². The van der Waals surface area contributed by atoms with Gasteiger partial charge >= 0.3 is 0 Å². The second-order valence-corrected chi connectivity index (χ2v) is 8.52. The molecule has 1 amide bonds. The molecule has 9 heteroatoms. The lowest BCUT2D eigenvalue weighted by molar-refractivity contribution is -0.117. The van der Waals surface area contributed by atoms with Crippen molar-refractivity contribution in [2.24, 2.45) is 0 Å². The molecule has 34 heavy (non-hydrogen) atoms. The van der Waals surface area contributed by atoms with Gasteiger partial charge in [0.15, 0.2) is 11.5 Å². The van der Waals surface area contributed by atoms with E-state index in [1.807, 2.05) is 0 Å². The van der Waals surface area contributed by atoms with Crippen LogP contribution < -0.4 is 4.90 Å².